The average Bonchev–Trinajstić information content (AvgIpc) is 2.96. The van der Waals surface area contributed by atoms with E-state index in [9.17, 15) is 4.79 Å². The van der Waals surface area contributed by atoms with E-state index in [1.54, 1.807) is 10.9 Å². The van der Waals surface area contributed by atoms with Crippen molar-refractivity contribution in [3.8, 4) is 0 Å². The smallest absolute Gasteiger partial charge is 0.308 e. The van der Waals surface area contributed by atoms with Crippen molar-refractivity contribution in [2.24, 2.45) is 0 Å². The molecule has 3 rings (SSSR count). The van der Waals surface area contributed by atoms with Gasteiger partial charge in [-0.25, -0.2) is 4.79 Å². The molecule has 0 bridgehead atoms. The molecule has 0 fully saturated rings. The maximum atomic E-state index is 12.0. The van der Waals surface area contributed by atoms with Crippen molar-refractivity contribution < 1.29 is 4.79 Å². The zero-order valence-electron chi connectivity index (χ0n) is 13.8. The monoisotopic (exact) mass is 320 g/mol. The summed E-state index contributed by atoms with van der Waals surface area (Å²) in [5.74, 6) is 0. The third-order valence-electron chi connectivity index (χ3n) is 3.63. The molecule has 0 aliphatic carbocycles. The number of nitrogens with one attached hydrogen (secondary N) is 2. The van der Waals surface area contributed by atoms with Crippen molar-refractivity contribution in [3.05, 3.63) is 77.6 Å². The van der Waals surface area contributed by atoms with Crippen LogP contribution in [0.3, 0.4) is 0 Å². The molecule has 0 unspecified atom stereocenters. The molecule has 0 aliphatic rings. The first-order valence-electron chi connectivity index (χ1n) is 7.81. The molecule has 0 aliphatic heterocycles. The first-order chi connectivity index (χ1) is 11.6. The predicted molar refractivity (Wildman–Crippen MR) is 96.3 cm³/mol. The summed E-state index contributed by atoms with van der Waals surface area (Å²) in [6, 6.07) is 15.7. The van der Waals surface area contributed by atoms with Crippen LogP contribution < -0.4 is 10.6 Å². The van der Waals surface area contributed by atoms with E-state index in [1.165, 1.54) is 11.1 Å². The summed E-state index contributed by atoms with van der Waals surface area (Å²) >= 11 is 0. The van der Waals surface area contributed by atoms with Gasteiger partial charge in [0.05, 0.1) is 18.4 Å². The van der Waals surface area contributed by atoms with Gasteiger partial charge in [-0.2, -0.15) is 5.10 Å². The van der Waals surface area contributed by atoms with Gasteiger partial charge in [0, 0.05) is 11.9 Å². The number of rotatable bonds is 4. The third kappa shape index (κ3) is 4.23. The van der Waals surface area contributed by atoms with Gasteiger partial charge in [0.2, 0.25) is 0 Å². The van der Waals surface area contributed by atoms with Crippen molar-refractivity contribution in [2.45, 2.75) is 20.4 Å². The Labute approximate surface area is 141 Å². The lowest BCUT2D eigenvalue weighted by Crippen LogP contribution is -2.19. The Bertz CT molecular complexity index is 837. The molecule has 2 N–H and O–H groups in total. The zero-order valence-corrected chi connectivity index (χ0v) is 13.8. The quantitative estimate of drug-likeness (QED) is 0.757. The summed E-state index contributed by atoms with van der Waals surface area (Å²) in [5.41, 5.74) is 4.92. The van der Waals surface area contributed by atoms with Crippen LogP contribution in [0.15, 0.2) is 60.9 Å². The number of urea groups is 1. The molecule has 0 radical (unpaired) electrons. The van der Waals surface area contributed by atoms with E-state index in [4.69, 9.17) is 0 Å². The lowest BCUT2D eigenvalue weighted by atomic mass is 10.1. The largest absolute Gasteiger partial charge is 0.323 e. The molecule has 2 amide bonds. The van der Waals surface area contributed by atoms with Crippen molar-refractivity contribution in [1.29, 1.82) is 0 Å². The van der Waals surface area contributed by atoms with Gasteiger partial charge in [0.15, 0.2) is 0 Å². The van der Waals surface area contributed by atoms with Gasteiger partial charge in [-0.15, -0.1) is 0 Å². The van der Waals surface area contributed by atoms with Crippen LogP contribution in [0, 0.1) is 13.8 Å². The minimum atomic E-state index is -0.282. The van der Waals surface area contributed by atoms with Crippen molar-refractivity contribution in [2.75, 3.05) is 10.6 Å². The number of aromatic nitrogens is 2. The second kappa shape index (κ2) is 7.00. The lowest BCUT2D eigenvalue weighted by molar-refractivity contribution is 0.262. The topological polar surface area (TPSA) is 59.0 Å². The lowest BCUT2D eigenvalue weighted by Gasteiger charge is -2.06. The van der Waals surface area contributed by atoms with Gasteiger partial charge in [-0.3, -0.25) is 4.68 Å². The standard InChI is InChI=1S/C19H20N4O/c1-14-6-8-16(9-7-14)12-23-13-18(11-20-23)22-19(24)21-17-5-3-4-15(2)10-17/h3-11,13H,12H2,1-2H3,(H2,21,22,24). The highest BCUT2D eigenvalue weighted by molar-refractivity contribution is 5.99. The molecule has 5 heteroatoms. The van der Waals surface area contributed by atoms with Gasteiger partial charge >= 0.3 is 6.03 Å². The molecule has 0 atom stereocenters. The normalized spacial score (nSPS) is 10.4. The highest BCUT2D eigenvalue weighted by atomic mass is 16.2. The molecule has 1 aromatic heterocycles. The Morgan fingerprint density at radius 3 is 2.50 bits per heavy atom. The minimum absolute atomic E-state index is 0.282. The molecule has 122 valence electrons. The first kappa shape index (κ1) is 15.8. The molecule has 24 heavy (non-hydrogen) atoms. The highest BCUT2D eigenvalue weighted by Gasteiger charge is 2.05. The van der Waals surface area contributed by atoms with Gasteiger partial charge in [-0.05, 0) is 37.1 Å². The molecule has 1 heterocycles. The van der Waals surface area contributed by atoms with E-state index in [1.807, 2.05) is 37.4 Å². The number of amides is 2. The Hall–Kier alpha value is -3.08. The zero-order chi connectivity index (χ0) is 16.9. The van der Waals surface area contributed by atoms with Crippen molar-refractivity contribution in [3.63, 3.8) is 0 Å². The second-order valence-electron chi connectivity index (χ2n) is 5.86. The summed E-state index contributed by atoms with van der Waals surface area (Å²) in [5, 5.41) is 9.88. The number of anilines is 2. The molecular weight excluding hydrogens is 300 g/mol. The van der Waals surface area contributed by atoms with Crippen LogP contribution in [0.2, 0.25) is 0 Å². The van der Waals surface area contributed by atoms with Gasteiger partial charge in [-0.1, -0.05) is 42.0 Å². The Kier molecular flexibility index (Phi) is 4.61. The van der Waals surface area contributed by atoms with Crippen LogP contribution in [-0.4, -0.2) is 15.8 Å². The maximum Gasteiger partial charge on any atom is 0.323 e. The fraction of sp³-hybridized carbons (Fsp3) is 0.158. The first-order valence-corrected chi connectivity index (χ1v) is 7.81. The summed E-state index contributed by atoms with van der Waals surface area (Å²) in [7, 11) is 0. The summed E-state index contributed by atoms with van der Waals surface area (Å²) < 4.78 is 1.80. The summed E-state index contributed by atoms with van der Waals surface area (Å²) in [6.45, 7) is 4.71. The van der Waals surface area contributed by atoms with E-state index in [-0.39, 0.29) is 6.03 Å². The summed E-state index contributed by atoms with van der Waals surface area (Å²) in [6.07, 6.45) is 3.46. The number of hydrogen-bond donors (Lipinski definition) is 2. The fourth-order valence-electron chi connectivity index (χ4n) is 2.41. The van der Waals surface area contributed by atoms with Crippen LogP contribution in [0.25, 0.3) is 0 Å². The number of benzene rings is 2. The molecule has 0 spiro atoms. The average molecular weight is 320 g/mol. The predicted octanol–water partition coefficient (Wildman–Crippen LogP) is 4.19. The van der Waals surface area contributed by atoms with Crippen LogP contribution in [0.4, 0.5) is 16.2 Å². The number of nitrogens with zero attached hydrogens (tertiary/aromatic N) is 2. The molecule has 3 aromatic rings. The number of carbonyl (C=O) groups is 1. The maximum absolute atomic E-state index is 12.0. The van der Waals surface area contributed by atoms with Crippen molar-refractivity contribution >= 4 is 17.4 Å². The van der Waals surface area contributed by atoms with Crippen LogP contribution in [0.1, 0.15) is 16.7 Å². The van der Waals surface area contributed by atoms with E-state index < -0.39 is 0 Å². The molecular formula is C19H20N4O. The van der Waals surface area contributed by atoms with E-state index in [0.29, 0.717) is 12.2 Å². The number of hydrogen-bond acceptors (Lipinski definition) is 2. The molecule has 5 nitrogen and oxygen atoms in total. The highest BCUT2D eigenvalue weighted by Crippen LogP contribution is 2.12. The number of aryl methyl sites for hydroxylation is 2. The van der Waals surface area contributed by atoms with Crippen LogP contribution >= 0.6 is 0 Å². The SMILES string of the molecule is Cc1ccc(Cn2cc(NC(=O)Nc3cccc(C)c3)cn2)cc1. The van der Waals surface area contributed by atoms with E-state index in [0.717, 1.165) is 11.3 Å². The van der Waals surface area contributed by atoms with Gasteiger partial charge in [0.25, 0.3) is 0 Å². The molecule has 2 aromatic carbocycles. The Morgan fingerprint density at radius 2 is 1.75 bits per heavy atom. The van der Waals surface area contributed by atoms with E-state index >= 15 is 0 Å². The molecule has 0 saturated heterocycles. The van der Waals surface area contributed by atoms with Gasteiger partial charge in [0.1, 0.15) is 0 Å². The van der Waals surface area contributed by atoms with Crippen molar-refractivity contribution in [1.82, 2.24) is 9.78 Å². The minimum Gasteiger partial charge on any atom is -0.308 e. The molecule has 0 saturated carbocycles. The fourth-order valence-corrected chi connectivity index (χ4v) is 2.41. The number of carbonyl (C=O) groups excluding carboxylic acids is 1. The third-order valence-corrected chi connectivity index (χ3v) is 3.63. The Balaban J connectivity index is 1.59. The summed E-state index contributed by atoms with van der Waals surface area (Å²) in [4.78, 5) is 12.0. The van der Waals surface area contributed by atoms with Gasteiger partial charge < -0.3 is 10.6 Å². The van der Waals surface area contributed by atoms with Crippen LogP contribution in [-0.2, 0) is 6.54 Å². The Morgan fingerprint density at radius 1 is 1.00 bits per heavy atom. The van der Waals surface area contributed by atoms with E-state index in [2.05, 4.69) is 46.9 Å². The van der Waals surface area contributed by atoms with Crippen LogP contribution in [0.5, 0.6) is 0 Å². The second-order valence-corrected chi connectivity index (χ2v) is 5.86.